The number of carbonyl (C=O) groups is 2. The molecule has 0 heterocycles. The van der Waals surface area contributed by atoms with Crippen LogP contribution < -0.4 is 0 Å². The third kappa shape index (κ3) is 4.00. The number of carbonyl (C=O) groups excluding carboxylic acids is 2. The van der Waals surface area contributed by atoms with E-state index in [9.17, 15) is 9.59 Å². The molecule has 0 saturated carbocycles. The standard InChI is InChI=1S/C12H12ClNO3/c1-2-10(15)11(14)12(16)17-7-8-3-5-9(13)6-4-8/h3-6,14H,2,7H2,1H3. The fourth-order valence-electron chi connectivity index (χ4n) is 1.09. The summed E-state index contributed by atoms with van der Waals surface area (Å²) >= 11 is 5.70. The zero-order valence-electron chi connectivity index (χ0n) is 9.33. The van der Waals surface area contributed by atoms with Crippen LogP contribution >= 0.6 is 11.6 Å². The van der Waals surface area contributed by atoms with Gasteiger partial charge in [-0.05, 0) is 17.7 Å². The Labute approximate surface area is 104 Å². The van der Waals surface area contributed by atoms with Gasteiger partial charge in [0.05, 0.1) is 0 Å². The van der Waals surface area contributed by atoms with Crippen molar-refractivity contribution >= 4 is 29.1 Å². The molecule has 5 heteroatoms. The van der Waals surface area contributed by atoms with Gasteiger partial charge in [0.2, 0.25) is 0 Å². The van der Waals surface area contributed by atoms with E-state index in [-0.39, 0.29) is 13.0 Å². The SMILES string of the molecule is CCC(=O)C(=N)C(=O)OCc1ccc(Cl)cc1. The van der Waals surface area contributed by atoms with Crippen molar-refractivity contribution in [3.8, 4) is 0 Å². The first-order chi connectivity index (χ1) is 8.04. The molecule has 0 unspecified atom stereocenters. The maximum Gasteiger partial charge on any atom is 0.360 e. The van der Waals surface area contributed by atoms with E-state index < -0.39 is 17.5 Å². The molecule has 17 heavy (non-hydrogen) atoms. The van der Waals surface area contributed by atoms with Crippen LogP contribution in [0.3, 0.4) is 0 Å². The van der Waals surface area contributed by atoms with Crippen LogP contribution in [0.5, 0.6) is 0 Å². The van der Waals surface area contributed by atoms with Gasteiger partial charge >= 0.3 is 5.97 Å². The van der Waals surface area contributed by atoms with Crippen LogP contribution in [-0.2, 0) is 20.9 Å². The largest absolute Gasteiger partial charge is 0.456 e. The van der Waals surface area contributed by atoms with Gasteiger partial charge in [0.25, 0.3) is 0 Å². The molecule has 0 aliphatic rings. The van der Waals surface area contributed by atoms with E-state index in [4.69, 9.17) is 21.7 Å². The van der Waals surface area contributed by atoms with E-state index in [1.807, 2.05) is 0 Å². The van der Waals surface area contributed by atoms with Crippen LogP contribution in [0.2, 0.25) is 5.02 Å². The van der Waals surface area contributed by atoms with E-state index in [0.717, 1.165) is 5.56 Å². The smallest absolute Gasteiger partial charge is 0.360 e. The summed E-state index contributed by atoms with van der Waals surface area (Å²) in [5.74, 6) is -1.42. The minimum Gasteiger partial charge on any atom is -0.456 e. The number of hydrogen-bond donors (Lipinski definition) is 1. The fourth-order valence-corrected chi connectivity index (χ4v) is 1.22. The molecule has 0 aliphatic heterocycles. The molecule has 0 fully saturated rings. The molecule has 0 atom stereocenters. The van der Waals surface area contributed by atoms with Gasteiger partial charge < -0.3 is 4.74 Å². The molecule has 0 aromatic heterocycles. The normalized spacial score (nSPS) is 9.76. The lowest BCUT2D eigenvalue weighted by molar-refractivity contribution is -0.137. The molecule has 1 rings (SSSR count). The Balaban J connectivity index is 2.51. The molecule has 0 bridgehead atoms. The summed E-state index contributed by atoms with van der Waals surface area (Å²) in [6, 6.07) is 6.77. The molecule has 0 aliphatic carbocycles. The average molecular weight is 254 g/mol. The molecule has 0 radical (unpaired) electrons. The van der Waals surface area contributed by atoms with Gasteiger partial charge in [-0.1, -0.05) is 30.7 Å². The Morgan fingerprint density at radius 1 is 1.29 bits per heavy atom. The first-order valence-corrected chi connectivity index (χ1v) is 5.45. The molecule has 0 saturated heterocycles. The van der Waals surface area contributed by atoms with Crippen LogP contribution in [0.1, 0.15) is 18.9 Å². The highest BCUT2D eigenvalue weighted by atomic mass is 35.5. The lowest BCUT2D eigenvalue weighted by atomic mass is 10.2. The molecule has 1 N–H and O–H groups in total. The highest BCUT2D eigenvalue weighted by Crippen LogP contribution is 2.10. The van der Waals surface area contributed by atoms with Crippen molar-refractivity contribution in [2.45, 2.75) is 20.0 Å². The number of halogens is 1. The van der Waals surface area contributed by atoms with Crippen molar-refractivity contribution in [1.29, 1.82) is 5.41 Å². The van der Waals surface area contributed by atoms with Crippen molar-refractivity contribution in [3.63, 3.8) is 0 Å². The number of nitrogens with one attached hydrogen (secondary N) is 1. The summed E-state index contributed by atoms with van der Waals surface area (Å²) in [6.07, 6.45) is 0.120. The lowest BCUT2D eigenvalue weighted by Crippen LogP contribution is -2.24. The third-order valence-corrected chi connectivity index (χ3v) is 2.34. The number of ether oxygens (including phenoxy) is 1. The molecule has 90 valence electrons. The van der Waals surface area contributed by atoms with E-state index in [2.05, 4.69) is 0 Å². The zero-order valence-corrected chi connectivity index (χ0v) is 10.1. The zero-order chi connectivity index (χ0) is 12.8. The number of benzene rings is 1. The maximum atomic E-state index is 11.3. The quantitative estimate of drug-likeness (QED) is 0.498. The summed E-state index contributed by atoms with van der Waals surface area (Å²) in [4.78, 5) is 22.4. The topological polar surface area (TPSA) is 67.2 Å². The first-order valence-electron chi connectivity index (χ1n) is 5.08. The highest BCUT2D eigenvalue weighted by Gasteiger charge is 2.17. The van der Waals surface area contributed by atoms with Crippen molar-refractivity contribution < 1.29 is 14.3 Å². The van der Waals surface area contributed by atoms with E-state index in [1.165, 1.54) is 0 Å². The summed E-state index contributed by atoms with van der Waals surface area (Å²) in [5, 5.41) is 7.85. The van der Waals surface area contributed by atoms with Crippen LogP contribution in [-0.4, -0.2) is 17.5 Å². The van der Waals surface area contributed by atoms with Crippen molar-refractivity contribution in [3.05, 3.63) is 34.9 Å². The van der Waals surface area contributed by atoms with Crippen molar-refractivity contribution in [2.24, 2.45) is 0 Å². The highest BCUT2D eigenvalue weighted by molar-refractivity contribution is 6.63. The fraction of sp³-hybridized carbons (Fsp3) is 0.250. The predicted molar refractivity (Wildman–Crippen MR) is 64.3 cm³/mol. The minimum absolute atomic E-state index is 0.0232. The van der Waals surface area contributed by atoms with E-state index in [1.54, 1.807) is 31.2 Å². The molecule has 0 amide bonds. The summed E-state index contributed by atoms with van der Waals surface area (Å²) < 4.78 is 4.83. The van der Waals surface area contributed by atoms with Crippen molar-refractivity contribution in [1.82, 2.24) is 0 Å². The van der Waals surface area contributed by atoms with Gasteiger partial charge in [-0.2, -0.15) is 0 Å². The van der Waals surface area contributed by atoms with Crippen molar-refractivity contribution in [2.75, 3.05) is 0 Å². The maximum absolute atomic E-state index is 11.3. The molecule has 1 aromatic rings. The van der Waals surface area contributed by atoms with Gasteiger partial charge in [0.1, 0.15) is 6.61 Å². The third-order valence-electron chi connectivity index (χ3n) is 2.09. The van der Waals surface area contributed by atoms with Gasteiger partial charge in [-0.15, -0.1) is 0 Å². The van der Waals surface area contributed by atoms with Crippen LogP contribution in [0, 0.1) is 5.41 Å². The molecule has 1 aromatic carbocycles. The summed E-state index contributed by atoms with van der Waals surface area (Å²) in [5.41, 5.74) is 0.140. The Hall–Kier alpha value is -1.68. The molecule has 0 spiro atoms. The second kappa shape index (κ2) is 6.15. The first kappa shape index (κ1) is 13.4. The Morgan fingerprint density at radius 3 is 2.41 bits per heavy atom. The van der Waals surface area contributed by atoms with Gasteiger partial charge in [0, 0.05) is 11.4 Å². The second-order valence-corrected chi connectivity index (χ2v) is 3.79. The number of ketones is 1. The Kier molecular flexibility index (Phi) is 4.84. The molecule has 4 nitrogen and oxygen atoms in total. The average Bonchev–Trinajstić information content (AvgIpc) is 2.35. The second-order valence-electron chi connectivity index (χ2n) is 3.35. The van der Waals surface area contributed by atoms with Gasteiger partial charge in [-0.3, -0.25) is 10.2 Å². The summed E-state index contributed by atoms with van der Waals surface area (Å²) in [7, 11) is 0. The molecular formula is C12H12ClNO3. The van der Waals surface area contributed by atoms with E-state index in [0.29, 0.717) is 5.02 Å². The number of esters is 1. The van der Waals surface area contributed by atoms with Gasteiger partial charge in [0.15, 0.2) is 11.5 Å². The monoisotopic (exact) mass is 253 g/mol. The Bertz CT molecular complexity index is 440. The predicted octanol–water partition coefficient (Wildman–Crippen LogP) is 2.38. The number of hydrogen-bond acceptors (Lipinski definition) is 4. The van der Waals surface area contributed by atoms with E-state index >= 15 is 0 Å². The number of Topliss-reactive ketones (excluding diaryl/α,β-unsaturated/α-hetero) is 1. The van der Waals surface area contributed by atoms with Crippen LogP contribution in [0.4, 0.5) is 0 Å². The lowest BCUT2D eigenvalue weighted by Gasteiger charge is -2.04. The number of rotatable bonds is 5. The van der Waals surface area contributed by atoms with Crippen LogP contribution in [0.15, 0.2) is 24.3 Å². The minimum atomic E-state index is -0.896. The van der Waals surface area contributed by atoms with Gasteiger partial charge in [-0.25, -0.2) is 4.79 Å². The van der Waals surface area contributed by atoms with Crippen LogP contribution in [0.25, 0.3) is 0 Å². The molecular weight excluding hydrogens is 242 g/mol. The summed E-state index contributed by atoms with van der Waals surface area (Å²) in [6.45, 7) is 1.61. The Morgan fingerprint density at radius 2 is 1.88 bits per heavy atom.